The van der Waals surface area contributed by atoms with Crippen molar-refractivity contribution in [1.82, 2.24) is 4.98 Å². The minimum atomic E-state index is -0.820. The number of para-hydroxylation sites is 1. The van der Waals surface area contributed by atoms with Crippen LogP contribution in [0.4, 0.5) is 0 Å². The van der Waals surface area contributed by atoms with Gasteiger partial charge in [-0.25, -0.2) is 0 Å². The first-order valence-corrected chi connectivity index (χ1v) is 10.5. The Labute approximate surface area is 144 Å². The van der Waals surface area contributed by atoms with Crippen molar-refractivity contribution >= 4 is 27.2 Å². The van der Waals surface area contributed by atoms with Gasteiger partial charge in [-0.2, -0.15) is 10.0 Å². The summed E-state index contributed by atoms with van der Waals surface area (Å²) in [4.78, 5) is 15.4. The summed E-state index contributed by atoms with van der Waals surface area (Å²) in [6, 6.07) is 16.1. The fourth-order valence-corrected chi connectivity index (χ4v) is 2.84. The zero-order valence-electron chi connectivity index (χ0n) is 14.0. The van der Waals surface area contributed by atoms with E-state index in [4.69, 9.17) is 0 Å². The van der Waals surface area contributed by atoms with E-state index in [1.807, 2.05) is 30.3 Å². The second kappa shape index (κ2) is 6.51. The predicted molar refractivity (Wildman–Crippen MR) is 105 cm³/mol. The highest BCUT2D eigenvalue weighted by molar-refractivity contribution is 8.35. The van der Waals surface area contributed by atoms with Crippen LogP contribution >= 0.6 is 10.0 Å². The molecule has 0 aliphatic heterocycles. The number of hydrogen-bond acceptors (Lipinski definition) is 2. The van der Waals surface area contributed by atoms with Gasteiger partial charge in [-0.15, -0.1) is 0 Å². The first-order valence-electron chi connectivity index (χ1n) is 7.62. The number of carbonyl (C=O) groups is 1. The second-order valence-electron chi connectivity index (χ2n) is 6.41. The Morgan fingerprint density at radius 1 is 1.04 bits per heavy atom. The van der Waals surface area contributed by atoms with Crippen LogP contribution in [0.2, 0.25) is 0 Å². The lowest BCUT2D eigenvalue weighted by molar-refractivity contribution is 0.112. The standard InChI is InChI=1S/C21H19NOS/c1-24(2,3)12-11-16-7-9-18(10-8-16)20-6-4-5-19-13-17(15-23)14-22-21(19)20/h4-10,13-15H,1-3H3. The molecule has 0 N–H and O–H groups in total. The van der Waals surface area contributed by atoms with Crippen molar-refractivity contribution in [3.63, 3.8) is 0 Å². The number of rotatable bonds is 2. The largest absolute Gasteiger partial charge is 0.298 e. The van der Waals surface area contributed by atoms with Crippen LogP contribution in [0.3, 0.4) is 0 Å². The van der Waals surface area contributed by atoms with Crippen molar-refractivity contribution in [2.24, 2.45) is 0 Å². The van der Waals surface area contributed by atoms with Crippen molar-refractivity contribution in [3.8, 4) is 22.3 Å². The number of aldehydes is 1. The van der Waals surface area contributed by atoms with E-state index in [-0.39, 0.29) is 0 Å². The Morgan fingerprint density at radius 3 is 2.46 bits per heavy atom. The van der Waals surface area contributed by atoms with Crippen molar-refractivity contribution in [2.75, 3.05) is 18.8 Å². The fraction of sp³-hybridized carbons (Fsp3) is 0.143. The molecule has 24 heavy (non-hydrogen) atoms. The number of fused-ring (bicyclic) bond motifs is 1. The van der Waals surface area contributed by atoms with E-state index in [1.54, 1.807) is 6.20 Å². The minimum Gasteiger partial charge on any atom is -0.298 e. The molecule has 0 spiro atoms. The fourth-order valence-electron chi connectivity index (χ4n) is 2.42. The summed E-state index contributed by atoms with van der Waals surface area (Å²) in [5, 5.41) is 4.30. The first kappa shape index (κ1) is 16.3. The Morgan fingerprint density at radius 2 is 1.79 bits per heavy atom. The predicted octanol–water partition coefficient (Wildman–Crippen LogP) is 4.72. The number of nitrogens with zero attached hydrogens (tertiary/aromatic N) is 1. The molecule has 3 heteroatoms. The summed E-state index contributed by atoms with van der Waals surface area (Å²) in [6.07, 6.45) is 8.99. The van der Waals surface area contributed by atoms with Gasteiger partial charge in [0.15, 0.2) is 6.29 Å². The maximum absolute atomic E-state index is 10.9. The van der Waals surface area contributed by atoms with E-state index < -0.39 is 10.0 Å². The Bertz CT molecular complexity index is 957. The van der Waals surface area contributed by atoms with Crippen molar-refractivity contribution in [2.45, 2.75) is 0 Å². The Kier molecular flexibility index (Phi) is 4.42. The smallest absolute Gasteiger partial charge is 0.151 e. The molecule has 2 aromatic carbocycles. The molecular weight excluding hydrogens is 314 g/mol. The van der Waals surface area contributed by atoms with E-state index in [2.05, 4.69) is 53.1 Å². The van der Waals surface area contributed by atoms with Crippen molar-refractivity contribution in [3.05, 3.63) is 65.9 Å². The SMILES string of the molecule is CS(C)(C)C#Cc1ccc(-c2cccc3cc(C=O)cnc23)cc1. The van der Waals surface area contributed by atoms with Crippen LogP contribution in [0, 0.1) is 11.2 Å². The van der Waals surface area contributed by atoms with E-state index in [1.165, 1.54) is 0 Å². The quantitative estimate of drug-likeness (QED) is 0.502. The lowest BCUT2D eigenvalue weighted by Gasteiger charge is -2.14. The van der Waals surface area contributed by atoms with Crippen LogP contribution in [-0.4, -0.2) is 30.0 Å². The van der Waals surface area contributed by atoms with E-state index in [0.29, 0.717) is 5.56 Å². The van der Waals surface area contributed by atoms with Gasteiger partial charge < -0.3 is 0 Å². The van der Waals surface area contributed by atoms with Crippen LogP contribution in [0.15, 0.2) is 54.7 Å². The van der Waals surface area contributed by atoms with Gasteiger partial charge in [-0.3, -0.25) is 9.78 Å². The summed E-state index contributed by atoms with van der Waals surface area (Å²) < 4.78 is 0. The summed E-state index contributed by atoms with van der Waals surface area (Å²) in [7, 11) is -0.820. The molecule has 3 aromatic rings. The lowest BCUT2D eigenvalue weighted by Crippen LogP contribution is -1.88. The van der Waals surface area contributed by atoms with E-state index in [0.717, 1.165) is 33.9 Å². The van der Waals surface area contributed by atoms with Crippen LogP contribution in [0.25, 0.3) is 22.0 Å². The topological polar surface area (TPSA) is 30.0 Å². The normalized spacial score (nSPS) is 11.6. The van der Waals surface area contributed by atoms with Gasteiger partial charge in [-0.05, 0) is 47.8 Å². The molecule has 0 amide bonds. The number of carbonyl (C=O) groups excluding carboxylic acids is 1. The maximum Gasteiger partial charge on any atom is 0.151 e. The number of hydrogen-bond donors (Lipinski definition) is 0. The average molecular weight is 333 g/mol. The van der Waals surface area contributed by atoms with Crippen molar-refractivity contribution < 1.29 is 4.79 Å². The monoisotopic (exact) mass is 333 g/mol. The van der Waals surface area contributed by atoms with Gasteiger partial charge in [0.25, 0.3) is 0 Å². The molecule has 0 aliphatic carbocycles. The highest BCUT2D eigenvalue weighted by Crippen LogP contribution is 2.32. The molecule has 0 saturated carbocycles. The molecule has 0 aliphatic rings. The highest BCUT2D eigenvalue weighted by Gasteiger charge is 2.06. The zero-order valence-corrected chi connectivity index (χ0v) is 14.9. The van der Waals surface area contributed by atoms with Gasteiger partial charge in [-0.1, -0.05) is 36.3 Å². The van der Waals surface area contributed by atoms with Crippen molar-refractivity contribution in [1.29, 1.82) is 0 Å². The molecule has 0 saturated heterocycles. The maximum atomic E-state index is 10.9. The molecule has 0 radical (unpaired) electrons. The summed E-state index contributed by atoms with van der Waals surface area (Å²) in [6.45, 7) is 0. The van der Waals surface area contributed by atoms with Gasteiger partial charge in [0, 0.05) is 28.3 Å². The summed E-state index contributed by atoms with van der Waals surface area (Å²) in [5.41, 5.74) is 4.68. The molecule has 120 valence electrons. The number of benzene rings is 2. The molecule has 2 nitrogen and oxygen atoms in total. The van der Waals surface area contributed by atoms with Crippen LogP contribution < -0.4 is 0 Å². The molecule has 0 fully saturated rings. The number of pyridine rings is 1. The third-order valence-electron chi connectivity index (χ3n) is 3.57. The van der Waals surface area contributed by atoms with E-state index in [9.17, 15) is 4.79 Å². The van der Waals surface area contributed by atoms with Gasteiger partial charge in [0.2, 0.25) is 0 Å². The summed E-state index contributed by atoms with van der Waals surface area (Å²) in [5.74, 6) is 3.25. The van der Waals surface area contributed by atoms with Crippen LogP contribution in [-0.2, 0) is 0 Å². The van der Waals surface area contributed by atoms with Gasteiger partial charge in [0.1, 0.15) is 0 Å². The van der Waals surface area contributed by atoms with Crippen LogP contribution in [0.1, 0.15) is 15.9 Å². The highest BCUT2D eigenvalue weighted by atomic mass is 32.3. The molecule has 1 aromatic heterocycles. The molecule has 0 bridgehead atoms. The Hall–Kier alpha value is -2.57. The third kappa shape index (κ3) is 3.67. The number of aromatic nitrogens is 1. The third-order valence-corrected chi connectivity index (χ3v) is 4.28. The lowest BCUT2D eigenvalue weighted by atomic mass is 10.0. The minimum absolute atomic E-state index is 0.593. The molecule has 0 atom stereocenters. The molecule has 3 rings (SSSR count). The molecular formula is C21H19NOS. The Balaban J connectivity index is 2.01. The van der Waals surface area contributed by atoms with Crippen LogP contribution in [0.5, 0.6) is 0 Å². The van der Waals surface area contributed by atoms with Gasteiger partial charge >= 0.3 is 0 Å². The van der Waals surface area contributed by atoms with E-state index >= 15 is 0 Å². The molecule has 0 unspecified atom stereocenters. The second-order valence-corrected chi connectivity index (χ2v) is 10.3. The average Bonchev–Trinajstić information content (AvgIpc) is 2.59. The zero-order chi connectivity index (χ0) is 17.2. The molecule has 1 heterocycles. The summed E-state index contributed by atoms with van der Waals surface area (Å²) >= 11 is 0. The van der Waals surface area contributed by atoms with Gasteiger partial charge in [0.05, 0.1) is 5.52 Å². The first-order chi connectivity index (χ1) is 11.5.